The van der Waals surface area contributed by atoms with Crippen molar-refractivity contribution in [2.24, 2.45) is 0 Å². The molecular weight excluding hydrogens is 256 g/mol. The summed E-state index contributed by atoms with van der Waals surface area (Å²) in [4.78, 5) is 5.76. The van der Waals surface area contributed by atoms with Gasteiger partial charge in [-0.15, -0.1) is 0 Å². The Kier molecular flexibility index (Phi) is 5.49. The van der Waals surface area contributed by atoms with Gasteiger partial charge in [0.05, 0.1) is 12.6 Å². The quantitative estimate of drug-likeness (QED) is 0.369. The first-order chi connectivity index (χ1) is 9.70. The van der Waals surface area contributed by atoms with E-state index in [1.165, 1.54) is 0 Å². The zero-order valence-corrected chi connectivity index (χ0v) is 11.7. The van der Waals surface area contributed by atoms with Crippen molar-refractivity contribution < 1.29 is 10.0 Å². The molecule has 6 nitrogen and oxygen atoms in total. The molecule has 0 amide bonds. The summed E-state index contributed by atoms with van der Waals surface area (Å²) in [6, 6.07) is 10.2. The highest BCUT2D eigenvalue weighted by molar-refractivity contribution is 5.83. The molecule has 1 heterocycles. The van der Waals surface area contributed by atoms with E-state index < -0.39 is 0 Å². The van der Waals surface area contributed by atoms with Crippen molar-refractivity contribution in [3.8, 4) is 0 Å². The number of likely N-dealkylation sites (N-methyl/N-ethyl adjacent to an activating group) is 1. The summed E-state index contributed by atoms with van der Waals surface area (Å²) < 4.78 is 0. The second-order valence-electron chi connectivity index (χ2n) is 5.02. The topological polar surface area (TPSA) is 80.6 Å². The summed E-state index contributed by atoms with van der Waals surface area (Å²) in [5.74, 6) is 0.122. The number of nitrogens with zero attached hydrogens (tertiary/aromatic N) is 1. The van der Waals surface area contributed by atoms with Crippen LogP contribution in [0.25, 0.3) is 0 Å². The Labute approximate surface area is 119 Å². The summed E-state index contributed by atoms with van der Waals surface area (Å²) in [6.45, 7) is 1.30. The minimum absolute atomic E-state index is 0.0984. The molecule has 110 valence electrons. The van der Waals surface area contributed by atoms with E-state index in [0.29, 0.717) is 6.61 Å². The van der Waals surface area contributed by atoms with E-state index in [2.05, 4.69) is 5.32 Å². The number of nitrogens with one attached hydrogen (secondary N) is 3. The van der Waals surface area contributed by atoms with E-state index >= 15 is 0 Å². The van der Waals surface area contributed by atoms with Crippen LogP contribution < -0.4 is 10.8 Å². The third kappa shape index (κ3) is 4.01. The predicted octanol–water partition coefficient (Wildman–Crippen LogP) is 1.13. The van der Waals surface area contributed by atoms with E-state index in [-0.39, 0.29) is 17.9 Å². The Morgan fingerprint density at radius 2 is 2.20 bits per heavy atom. The number of rotatable bonds is 5. The summed E-state index contributed by atoms with van der Waals surface area (Å²) in [7, 11) is 1.94. The van der Waals surface area contributed by atoms with Crippen LogP contribution in [0.3, 0.4) is 0 Å². The molecule has 2 atom stereocenters. The lowest BCUT2D eigenvalue weighted by molar-refractivity contribution is -0.181. The average molecular weight is 278 g/mol. The molecule has 0 saturated carbocycles. The van der Waals surface area contributed by atoms with Gasteiger partial charge in [0, 0.05) is 19.6 Å². The van der Waals surface area contributed by atoms with E-state index in [9.17, 15) is 0 Å². The van der Waals surface area contributed by atoms with Gasteiger partial charge in [0.15, 0.2) is 0 Å². The van der Waals surface area contributed by atoms with Gasteiger partial charge in [-0.05, 0) is 18.4 Å². The molecule has 1 saturated heterocycles. The molecule has 1 aliphatic rings. The van der Waals surface area contributed by atoms with Crippen LogP contribution in [0.2, 0.25) is 0 Å². The fourth-order valence-corrected chi connectivity index (χ4v) is 2.33. The lowest BCUT2D eigenvalue weighted by atomic mass is 10.00. The molecule has 20 heavy (non-hydrogen) atoms. The number of hydroxylamine groups is 3. The first-order valence-corrected chi connectivity index (χ1v) is 6.82. The van der Waals surface area contributed by atoms with Crippen LogP contribution in [0.1, 0.15) is 18.4 Å². The zero-order valence-electron chi connectivity index (χ0n) is 11.7. The van der Waals surface area contributed by atoms with E-state index in [4.69, 9.17) is 15.5 Å². The van der Waals surface area contributed by atoms with Gasteiger partial charge in [0.2, 0.25) is 0 Å². The van der Waals surface area contributed by atoms with Crippen molar-refractivity contribution in [1.29, 1.82) is 5.41 Å². The van der Waals surface area contributed by atoms with Gasteiger partial charge in [-0.3, -0.25) is 20.9 Å². The maximum atomic E-state index is 8.72. The largest absolute Gasteiger partial charge is 0.306 e. The summed E-state index contributed by atoms with van der Waals surface area (Å²) >= 11 is 0. The molecule has 0 aliphatic carbocycles. The number of piperidine rings is 1. The molecule has 0 radical (unpaired) electrons. The molecule has 0 aromatic heterocycles. The molecule has 0 spiro atoms. The Balaban J connectivity index is 1.74. The average Bonchev–Trinajstić information content (AvgIpc) is 2.53. The van der Waals surface area contributed by atoms with E-state index in [0.717, 1.165) is 24.9 Å². The Hall–Kier alpha value is -1.47. The van der Waals surface area contributed by atoms with Crippen LogP contribution in [0.15, 0.2) is 30.3 Å². The lowest BCUT2D eigenvalue weighted by Gasteiger charge is -2.34. The Bertz CT molecular complexity index is 418. The first-order valence-electron chi connectivity index (χ1n) is 6.82. The highest BCUT2D eigenvalue weighted by Gasteiger charge is 2.26. The van der Waals surface area contributed by atoms with Crippen LogP contribution >= 0.6 is 0 Å². The van der Waals surface area contributed by atoms with Crippen molar-refractivity contribution in [3.63, 3.8) is 0 Å². The van der Waals surface area contributed by atoms with Gasteiger partial charge in [-0.1, -0.05) is 30.3 Å². The van der Waals surface area contributed by atoms with Gasteiger partial charge in [0.1, 0.15) is 5.84 Å². The summed E-state index contributed by atoms with van der Waals surface area (Å²) in [6.07, 6.45) is 1.73. The highest BCUT2D eigenvalue weighted by atomic mass is 16.7. The monoisotopic (exact) mass is 278 g/mol. The van der Waals surface area contributed by atoms with Crippen molar-refractivity contribution in [1.82, 2.24) is 15.9 Å². The van der Waals surface area contributed by atoms with Crippen LogP contribution in [0.5, 0.6) is 0 Å². The van der Waals surface area contributed by atoms with Gasteiger partial charge in [0.25, 0.3) is 0 Å². The number of amidine groups is 1. The van der Waals surface area contributed by atoms with Gasteiger partial charge >= 0.3 is 0 Å². The molecule has 4 N–H and O–H groups in total. The summed E-state index contributed by atoms with van der Waals surface area (Å²) in [5.41, 5.74) is 3.05. The fraction of sp³-hybridized carbons (Fsp3) is 0.500. The molecule has 0 bridgehead atoms. The normalized spacial score (nSPS) is 22.8. The molecule has 6 heteroatoms. The van der Waals surface area contributed by atoms with Crippen LogP contribution in [-0.4, -0.2) is 41.8 Å². The van der Waals surface area contributed by atoms with Crippen molar-refractivity contribution >= 4 is 5.84 Å². The molecular formula is C14H22N4O2. The third-order valence-corrected chi connectivity index (χ3v) is 3.65. The maximum absolute atomic E-state index is 8.72. The van der Waals surface area contributed by atoms with E-state index in [1.807, 2.05) is 47.9 Å². The van der Waals surface area contributed by atoms with Crippen molar-refractivity contribution in [2.75, 3.05) is 13.6 Å². The molecule has 2 rings (SSSR count). The van der Waals surface area contributed by atoms with Crippen LogP contribution in [-0.2, 0) is 11.4 Å². The lowest BCUT2D eigenvalue weighted by Crippen LogP contribution is -2.53. The van der Waals surface area contributed by atoms with Crippen LogP contribution in [0, 0.1) is 5.41 Å². The smallest absolute Gasteiger partial charge is 0.135 e. The summed E-state index contributed by atoms with van der Waals surface area (Å²) in [5, 5.41) is 21.4. The minimum Gasteiger partial charge on any atom is -0.306 e. The molecule has 0 unspecified atom stereocenters. The second kappa shape index (κ2) is 7.35. The standard InChI is InChI=1S/C14H22N4O2/c1-18(20-10-11-5-3-2-4-6-11)12-7-8-13(16-9-12)14(15)17-19/h2-6,12-13,16,19H,7-10H2,1H3,(H2,15,17)/t12-,13+/m1/s1. The van der Waals surface area contributed by atoms with Crippen LogP contribution in [0.4, 0.5) is 0 Å². The van der Waals surface area contributed by atoms with Gasteiger partial charge in [-0.25, -0.2) is 0 Å². The number of hydrogen-bond donors (Lipinski definition) is 4. The minimum atomic E-state index is -0.0984. The molecule has 1 fully saturated rings. The maximum Gasteiger partial charge on any atom is 0.135 e. The Morgan fingerprint density at radius 1 is 1.45 bits per heavy atom. The van der Waals surface area contributed by atoms with Gasteiger partial charge in [-0.2, -0.15) is 5.06 Å². The van der Waals surface area contributed by atoms with E-state index in [1.54, 1.807) is 0 Å². The fourth-order valence-electron chi connectivity index (χ4n) is 2.33. The molecule has 1 aromatic rings. The number of benzene rings is 1. The molecule has 1 aromatic carbocycles. The molecule has 1 aliphatic heterocycles. The second-order valence-corrected chi connectivity index (χ2v) is 5.02. The predicted molar refractivity (Wildman–Crippen MR) is 76.5 cm³/mol. The van der Waals surface area contributed by atoms with Crippen molar-refractivity contribution in [2.45, 2.75) is 31.5 Å². The first kappa shape index (κ1) is 14.9. The zero-order chi connectivity index (χ0) is 14.4. The highest BCUT2D eigenvalue weighted by Crippen LogP contribution is 2.14. The Morgan fingerprint density at radius 3 is 2.80 bits per heavy atom. The number of hydrogen-bond acceptors (Lipinski definition) is 5. The third-order valence-electron chi connectivity index (χ3n) is 3.65. The van der Waals surface area contributed by atoms with Crippen molar-refractivity contribution in [3.05, 3.63) is 35.9 Å². The van der Waals surface area contributed by atoms with Gasteiger partial charge < -0.3 is 5.32 Å². The SMILES string of the molecule is CN(OCc1ccccc1)[C@@H]1CC[C@@H](C(=N)NO)NC1.